The van der Waals surface area contributed by atoms with Crippen LogP contribution in [-0.4, -0.2) is 36.5 Å². The van der Waals surface area contributed by atoms with Crippen LogP contribution < -0.4 is 11.1 Å². The second-order valence-corrected chi connectivity index (χ2v) is 6.79. The SMILES string of the molecule is CC(NC(=O)CN1CCC(N)C(C)(C)C1)c1ccccc1. The van der Waals surface area contributed by atoms with Crippen LogP contribution in [0.5, 0.6) is 0 Å². The van der Waals surface area contributed by atoms with Gasteiger partial charge in [0.2, 0.25) is 5.91 Å². The Morgan fingerprint density at radius 1 is 1.43 bits per heavy atom. The molecule has 1 heterocycles. The number of nitrogens with zero attached hydrogens (tertiary/aromatic N) is 1. The van der Waals surface area contributed by atoms with Crippen molar-refractivity contribution in [2.75, 3.05) is 19.6 Å². The van der Waals surface area contributed by atoms with E-state index < -0.39 is 0 Å². The minimum atomic E-state index is 0.0405. The summed E-state index contributed by atoms with van der Waals surface area (Å²) in [6.45, 7) is 8.60. The summed E-state index contributed by atoms with van der Waals surface area (Å²) in [5, 5.41) is 3.07. The Morgan fingerprint density at radius 2 is 2.10 bits per heavy atom. The summed E-state index contributed by atoms with van der Waals surface area (Å²) in [6, 6.07) is 10.3. The molecule has 0 bridgehead atoms. The smallest absolute Gasteiger partial charge is 0.234 e. The highest BCUT2D eigenvalue weighted by Crippen LogP contribution is 2.27. The first-order valence-electron chi connectivity index (χ1n) is 7.71. The normalized spacial score (nSPS) is 23.5. The highest BCUT2D eigenvalue weighted by Gasteiger charge is 2.33. The van der Waals surface area contributed by atoms with E-state index in [1.165, 1.54) is 0 Å². The van der Waals surface area contributed by atoms with E-state index >= 15 is 0 Å². The van der Waals surface area contributed by atoms with Gasteiger partial charge in [0.1, 0.15) is 0 Å². The number of benzene rings is 1. The third kappa shape index (κ3) is 4.29. The average molecular weight is 289 g/mol. The van der Waals surface area contributed by atoms with Gasteiger partial charge >= 0.3 is 0 Å². The molecule has 0 aromatic heterocycles. The summed E-state index contributed by atoms with van der Waals surface area (Å²) in [6.07, 6.45) is 0.953. The van der Waals surface area contributed by atoms with Gasteiger partial charge in [0.25, 0.3) is 0 Å². The third-order valence-corrected chi connectivity index (χ3v) is 4.44. The van der Waals surface area contributed by atoms with Crippen LogP contribution in [0.4, 0.5) is 0 Å². The van der Waals surface area contributed by atoms with Gasteiger partial charge in [-0.15, -0.1) is 0 Å². The van der Waals surface area contributed by atoms with E-state index in [1.54, 1.807) is 0 Å². The number of hydrogen-bond acceptors (Lipinski definition) is 3. The van der Waals surface area contributed by atoms with Crippen molar-refractivity contribution in [2.24, 2.45) is 11.1 Å². The van der Waals surface area contributed by atoms with Crippen LogP contribution in [0.3, 0.4) is 0 Å². The van der Waals surface area contributed by atoms with Gasteiger partial charge in [-0.2, -0.15) is 0 Å². The lowest BCUT2D eigenvalue weighted by atomic mass is 9.80. The predicted octanol–water partition coefficient (Wildman–Crippen LogP) is 1.92. The second kappa shape index (κ2) is 6.58. The Bertz CT molecular complexity index is 472. The maximum atomic E-state index is 12.2. The van der Waals surface area contributed by atoms with E-state index in [9.17, 15) is 4.79 Å². The monoisotopic (exact) mass is 289 g/mol. The van der Waals surface area contributed by atoms with E-state index in [1.807, 2.05) is 37.3 Å². The van der Waals surface area contributed by atoms with Crippen molar-refractivity contribution >= 4 is 5.91 Å². The van der Waals surface area contributed by atoms with E-state index in [0.717, 1.165) is 25.1 Å². The summed E-state index contributed by atoms with van der Waals surface area (Å²) in [4.78, 5) is 14.4. The molecule has 4 heteroatoms. The van der Waals surface area contributed by atoms with Gasteiger partial charge in [0.15, 0.2) is 0 Å². The average Bonchev–Trinajstić information content (AvgIpc) is 2.43. The minimum Gasteiger partial charge on any atom is -0.348 e. The summed E-state index contributed by atoms with van der Waals surface area (Å²) in [5.41, 5.74) is 7.34. The van der Waals surface area contributed by atoms with Crippen molar-refractivity contribution < 1.29 is 4.79 Å². The lowest BCUT2D eigenvalue weighted by molar-refractivity contribution is -0.123. The molecule has 0 radical (unpaired) electrons. The van der Waals surface area contributed by atoms with E-state index in [-0.39, 0.29) is 23.4 Å². The molecule has 0 aliphatic carbocycles. The van der Waals surface area contributed by atoms with Gasteiger partial charge in [-0.25, -0.2) is 0 Å². The van der Waals surface area contributed by atoms with Gasteiger partial charge in [0.05, 0.1) is 12.6 Å². The maximum absolute atomic E-state index is 12.2. The molecule has 1 fully saturated rings. The van der Waals surface area contributed by atoms with E-state index in [4.69, 9.17) is 5.73 Å². The molecule has 1 amide bonds. The molecule has 1 aromatic rings. The van der Waals surface area contributed by atoms with Crippen LogP contribution in [0.25, 0.3) is 0 Å². The first kappa shape index (κ1) is 16.0. The molecule has 2 unspecified atom stereocenters. The van der Waals surface area contributed by atoms with Crippen LogP contribution in [-0.2, 0) is 4.79 Å². The van der Waals surface area contributed by atoms with Crippen molar-refractivity contribution in [3.63, 3.8) is 0 Å². The zero-order chi connectivity index (χ0) is 15.5. The van der Waals surface area contributed by atoms with Crippen LogP contribution >= 0.6 is 0 Å². The van der Waals surface area contributed by atoms with Crippen LogP contribution in [0, 0.1) is 5.41 Å². The van der Waals surface area contributed by atoms with Crippen molar-refractivity contribution in [1.82, 2.24) is 10.2 Å². The topological polar surface area (TPSA) is 58.4 Å². The Balaban J connectivity index is 1.85. The zero-order valence-electron chi connectivity index (χ0n) is 13.3. The molecule has 1 aromatic carbocycles. The molecule has 116 valence electrons. The predicted molar refractivity (Wildman–Crippen MR) is 85.8 cm³/mol. The second-order valence-electron chi connectivity index (χ2n) is 6.79. The summed E-state index contributed by atoms with van der Waals surface area (Å²) < 4.78 is 0. The molecule has 1 aliphatic heterocycles. The van der Waals surface area contributed by atoms with E-state index in [0.29, 0.717) is 6.54 Å². The fourth-order valence-electron chi connectivity index (χ4n) is 2.94. The molecule has 4 nitrogen and oxygen atoms in total. The maximum Gasteiger partial charge on any atom is 0.234 e. The zero-order valence-corrected chi connectivity index (χ0v) is 13.3. The number of rotatable bonds is 4. The molecule has 3 N–H and O–H groups in total. The van der Waals surface area contributed by atoms with Gasteiger partial charge in [-0.3, -0.25) is 9.69 Å². The number of nitrogens with two attached hydrogens (primary N) is 1. The van der Waals surface area contributed by atoms with Crippen molar-refractivity contribution in [2.45, 2.75) is 39.3 Å². The highest BCUT2D eigenvalue weighted by molar-refractivity contribution is 5.78. The molecular formula is C17H27N3O. The molecular weight excluding hydrogens is 262 g/mol. The molecule has 2 atom stereocenters. The lowest BCUT2D eigenvalue weighted by Crippen LogP contribution is -2.54. The minimum absolute atomic E-state index is 0.0405. The summed E-state index contributed by atoms with van der Waals surface area (Å²) in [7, 11) is 0. The number of nitrogens with one attached hydrogen (secondary N) is 1. The molecule has 0 saturated carbocycles. The van der Waals surface area contributed by atoms with Crippen LogP contribution in [0.2, 0.25) is 0 Å². The number of hydrogen-bond donors (Lipinski definition) is 2. The molecule has 1 aliphatic rings. The molecule has 1 saturated heterocycles. The molecule has 2 rings (SSSR count). The van der Waals surface area contributed by atoms with Crippen LogP contribution in [0.1, 0.15) is 38.8 Å². The fraction of sp³-hybridized carbons (Fsp3) is 0.588. The highest BCUT2D eigenvalue weighted by atomic mass is 16.2. The van der Waals surface area contributed by atoms with E-state index in [2.05, 4.69) is 24.1 Å². The van der Waals surface area contributed by atoms with Crippen molar-refractivity contribution in [3.05, 3.63) is 35.9 Å². The van der Waals surface area contributed by atoms with Crippen molar-refractivity contribution in [3.8, 4) is 0 Å². The number of amides is 1. The molecule has 0 spiro atoms. The Kier molecular flexibility index (Phi) is 5.01. The van der Waals surface area contributed by atoms with Gasteiger partial charge in [-0.1, -0.05) is 44.2 Å². The molecule has 21 heavy (non-hydrogen) atoms. The summed E-state index contributed by atoms with van der Waals surface area (Å²) >= 11 is 0. The quantitative estimate of drug-likeness (QED) is 0.890. The Morgan fingerprint density at radius 3 is 2.71 bits per heavy atom. The van der Waals surface area contributed by atoms with Crippen LogP contribution in [0.15, 0.2) is 30.3 Å². The van der Waals surface area contributed by atoms with Gasteiger partial charge in [-0.05, 0) is 24.3 Å². The first-order valence-corrected chi connectivity index (χ1v) is 7.71. The van der Waals surface area contributed by atoms with Gasteiger partial charge < -0.3 is 11.1 Å². The first-order chi connectivity index (χ1) is 9.88. The number of carbonyl (C=O) groups excluding carboxylic acids is 1. The Labute approximate surface area is 127 Å². The largest absolute Gasteiger partial charge is 0.348 e. The third-order valence-electron chi connectivity index (χ3n) is 4.44. The lowest BCUT2D eigenvalue weighted by Gasteiger charge is -2.42. The van der Waals surface area contributed by atoms with Crippen molar-refractivity contribution in [1.29, 1.82) is 0 Å². The Hall–Kier alpha value is -1.39. The fourth-order valence-corrected chi connectivity index (χ4v) is 2.94. The van der Waals surface area contributed by atoms with Gasteiger partial charge in [0, 0.05) is 19.1 Å². The standard InChI is InChI=1S/C17H27N3O/c1-13(14-7-5-4-6-8-14)19-16(21)11-20-10-9-15(18)17(2,3)12-20/h4-8,13,15H,9-12,18H2,1-3H3,(H,19,21). The number of piperidine rings is 1. The summed E-state index contributed by atoms with van der Waals surface area (Å²) in [5.74, 6) is 0.0811. The number of likely N-dealkylation sites (tertiary alicyclic amines) is 1. The number of carbonyl (C=O) groups is 1.